The highest BCUT2D eigenvalue weighted by molar-refractivity contribution is 5.92. The van der Waals surface area contributed by atoms with E-state index in [0.29, 0.717) is 11.3 Å². The zero-order chi connectivity index (χ0) is 15.2. The van der Waals surface area contributed by atoms with Crippen LogP contribution in [0.5, 0.6) is 0 Å². The van der Waals surface area contributed by atoms with E-state index in [1.54, 1.807) is 25.1 Å². The molecule has 0 aliphatic heterocycles. The SMILES string of the molecule is CCN(CC(=O)Nc1cccc(C#N)c1)CC(F)(F)F. The van der Waals surface area contributed by atoms with Crippen LogP contribution in [0, 0.1) is 11.3 Å². The fourth-order valence-electron chi connectivity index (χ4n) is 1.60. The highest BCUT2D eigenvalue weighted by Crippen LogP contribution is 2.16. The van der Waals surface area contributed by atoms with E-state index in [-0.39, 0.29) is 13.1 Å². The van der Waals surface area contributed by atoms with Gasteiger partial charge in [-0.15, -0.1) is 0 Å². The largest absolute Gasteiger partial charge is 0.401 e. The van der Waals surface area contributed by atoms with E-state index in [1.807, 2.05) is 6.07 Å². The monoisotopic (exact) mass is 285 g/mol. The van der Waals surface area contributed by atoms with Gasteiger partial charge in [0, 0.05) is 5.69 Å². The van der Waals surface area contributed by atoms with Gasteiger partial charge in [0.25, 0.3) is 0 Å². The number of rotatable bonds is 5. The Morgan fingerprint density at radius 2 is 2.15 bits per heavy atom. The van der Waals surface area contributed by atoms with Crippen LogP contribution in [0.1, 0.15) is 12.5 Å². The van der Waals surface area contributed by atoms with Crippen molar-refractivity contribution < 1.29 is 18.0 Å². The first-order valence-corrected chi connectivity index (χ1v) is 5.93. The number of alkyl halides is 3. The number of nitrogens with zero attached hydrogens (tertiary/aromatic N) is 2. The van der Waals surface area contributed by atoms with Crippen LogP contribution in [0.4, 0.5) is 18.9 Å². The molecule has 0 spiro atoms. The van der Waals surface area contributed by atoms with E-state index < -0.39 is 18.6 Å². The van der Waals surface area contributed by atoms with Crippen LogP contribution in [-0.4, -0.2) is 36.6 Å². The summed E-state index contributed by atoms with van der Waals surface area (Å²) >= 11 is 0. The van der Waals surface area contributed by atoms with Crippen molar-refractivity contribution in [1.29, 1.82) is 5.26 Å². The maximum absolute atomic E-state index is 12.3. The summed E-state index contributed by atoms with van der Waals surface area (Å²) in [6.07, 6.45) is -4.34. The van der Waals surface area contributed by atoms with Crippen molar-refractivity contribution in [3.63, 3.8) is 0 Å². The van der Waals surface area contributed by atoms with Gasteiger partial charge in [-0.1, -0.05) is 13.0 Å². The molecule has 7 heteroatoms. The van der Waals surface area contributed by atoms with Crippen LogP contribution in [0.2, 0.25) is 0 Å². The molecule has 0 bridgehead atoms. The van der Waals surface area contributed by atoms with Crippen LogP contribution in [0.25, 0.3) is 0 Å². The summed E-state index contributed by atoms with van der Waals surface area (Å²) in [5.74, 6) is -0.550. The highest BCUT2D eigenvalue weighted by atomic mass is 19.4. The second-order valence-corrected chi connectivity index (χ2v) is 4.16. The van der Waals surface area contributed by atoms with E-state index in [1.165, 1.54) is 6.07 Å². The molecule has 1 N–H and O–H groups in total. The van der Waals surface area contributed by atoms with Gasteiger partial charge in [-0.2, -0.15) is 18.4 Å². The minimum absolute atomic E-state index is 0.116. The second-order valence-electron chi connectivity index (χ2n) is 4.16. The lowest BCUT2D eigenvalue weighted by Crippen LogP contribution is -2.39. The van der Waals surface area contributed by atoms with Gasteiger partial charge in [0.2, 0.25) is 5.91 Å². The molecule has 0 saturated carbocycles. The first kappa shape index (κ1) is 16.0. The van der Waals surface area contributed by atoms with E-state index in [2.05, 4.69) is 5.32 Å². The van der Waals surface area contributed by atoms with Crippen molar-refractivity contribution in [2.24, 2.45) is 0 Å². The summed E-state index contributed by atoms with van der Waals surface area (Å²) in [6, 6.07) is 8.09. The quantitative estimate of drug-likeness (QED) is 0.903. The summed E-state index contributed by atoms with van der Waals surface area (Å²) in [5.41, 5.74) is 0.752. The fraction of sp³-hybridized carbons (Fsp3) is 0.385. The van der Waals surface area contributed by atoms with Gasteiger partial charge >= 0.3 is 6.18 Å². The molecule has 0 aliphatic rings. The molecule has 1 aromatic rings. The van der Waals surface area contributed by atoms with Crippen molar-refractivity contribution in [3.8, 4) is 6.07 Å². The van der Waals surface area contributed by atoms with E-state index in [9.17, 15) is 18.0 Å². The number of carbonyl (C=O) groups is 1. The number of likely N-dealkylation sites (N-methyl/N-ethyl adjacent to an activating group) is 1. The lowest BCUT2D eigenvalue weighted by Gasteiger charge is -2.21. The lowest BCUT2D eigenvalue weighted by atomic mass is 10.2. The molecule has 0 radical (unpaired) electrons. The maximum atomic E-state index is 12.3. The summed E-state index contributed by atoms with van der Waals surface area (Å²) in [6.45, 7) is 0.183. The van der Waals surface area contributed by atoms with Gasteiger partial charge < -0.3 is 5.32 Å². The number of benzene rings is 1. The summed E-state index contributed by atoms with van der Waals surface area (Å²) in [5, 5.41) is 11.2. The third kappa shape index (κ3) is 5.71. The van der Waals surface area contributed by atoms with Gasteiger partial charge in [0.1, 0.15) is 0 Å². The zero-order valence-electron chi connectivity index (χ0n) is 10.9. The number of amides is 1. The van der Waals surface area contributed by atoms with E-state index in [0.717, 1.165) is 4.90 Å². The molecule has 108 valence electrons. The normalized spacial score (nSPS) is 11.2. The number of hydrogen-bond acceptors (Lipinski definition) is 3. The Balaban J connectivity index is 2.60. The first-order chi connectivity index (χ1) is 9.34. The van der Waals surface area contributed by atoms with Crippen LogP contribution >= 0.6 is 0 Å². The maximum Gasteiger partial charge on any atom is 0.401 e. The Labute approximate surface area is 114 Å². The van der Waals surface area contributed by atoms with Crippen LogP contribution < -0.4 is 5.32 Å². The van der Waals surface area contributed by atoms with Gasteiger partial charge in [-0.05, 0) is 24.7 Å². The Hall–Kier alpha value is -2.07. The van der Waals surface area contributed by atoms with Gasteiger partial charge in [0.05, 0.1) is 24.7 Å². The number of nitriles is 1. The molecule has 1 rings (SSSR count). The minimum atomic E-state index is -4.34. The summed E-state index contributed by atoms with van der Waals surface area (Å²) in [7, 11) is 0. The molecular weight excluding hydrogens is 271 g/mol. The standard InChI is InChI=1S/C13H14F3N3O/c1-2-19(9-13(14,15)16)8-12(20)18-11-5-3-4-10(6-11)7-17/h3-6H,2,8-9H2,1H3,(H,18,20). The lowest BCUT2D eigenvalue weighted by molar-refractivity contribution is -0.147. The Bertz CT molecular complexity index is 508. The fourth-order valence-corrected chi connectivity index (χ4v) is 1.60. The molecule has 0 saturated heterocycles. The molecule has 0 atom stereocenters. The average molecular weight is 285 g/mol. The first-order valence-electron chi connectivity index (χ1n) is 5.93. The van der Waals surface area contributed by atoms with Crippen LogP contribution in [0.3, 0.4) is 0 Å². The van der Waals surface area contributed by atoms with E-state index >= 15 is 0 Å². The Morgan fingerprint density at radius 3 is 2.70 bits per heavy atom. The molecule has 0 unspecified atom stereocenters. The van der Waals surface area contributed by atoms with Gasteiger partial charge in [0.15, 0.2) is 0 Å². The van der Waals surface area contributed by atoms with Crippen LogP contribution in [0.15, 0.2) is 24.3 Å². The number of hydrogen-bond donors (Lipinski definition) is 1. The Morgan fingerprint density at radius 1 is 1.45 bits per heavy atom. The molecule has 4 nitrogen and oxygen atoms in total. The van der Waals surface area contributed by atoms with Crippen molar-refractivity contribution >= 4 is 11.6 Å². The molecular formula is C13H14F3N3O. The Kier molecular flexibility index (Phi) is 5.53. The van der Waals surface area contributed by atoms with Crippen molar-refractivity contribution in [2.75, 3.05) is 25.0 Å². The summed E-state index contributed by atoms with van der Waals surface area (Å²) in [4.78, 5) is 12.7. The third-order valence-corrected chi connectivity index (χ3v) is 2.49. The molecule has 20 heavy (non-hydrogen) atoms. The molecule has 0 fully saturated rings. The number of anilines is 1. The van der Waals surface area contributed by atoms with Crippen LogP contribution in [-0.2, 0) is 4.79 Å². The average Bonchev–Trinajstić information content (AvgIpc) is 2.36. The highest BCUT2D eigenvalue weighted by Gasteiger charge is 2.30. The predicted molar refractivity (Wildman–Crippen MR) is 68.0 cm³/mol. The molecule has 1 amide bonds. The predicted octanol–water partition coefficient (Wildman–Crippen LogP) is 2.38. The van der Waals surface area contributed by atoms with Crippen molar-refractivity contribution in [2.45, 2.75) is 13.1 Å². The van der Waals surface area contributed by atoms with Gasteiger partial charge in [-0.3, -0.25) is 9.69 Å². The number of halogens is 3. The third-order valence-electron chi connectivity index (χ3n) is 2.49. The van der Waals surface area contributed by atoms with Gasteiger partial charge in [-0.25, -0.2) is 0 Å². The molecule has 0 aromatic heterocycles. The summed E-state index contributed by atoms with van der Waals surface area (Å²) < 4.78 is 36.8. The van der Waals surface area contributed by atoms with Crippen molar-refractivity contribution in [1.82, 2.24) is 4.90 Å². The minimum Gasteiger partial charge on any atom is -0.325 e. The number of nitrogens with one attached hydrogen (secondary N) is 1. The molecule has 0 aliphatic carbocycles. The topological polar surface area (TPSA) is 56.1 Å². The second kappa shape index (κ2) is 6.91. The smallest absolute Gasteiger partial charge is 0.325 e. The van der Waals surface area contributed by atoms with E-state index in [4.69, 9.17) is 5.26 Å². The molecule has 0 heterocycles. The van der Waals surface area contributed by atoms with Crippen molar-refractivity contribution in [3.05, 3.63) is 29.8 Å². The molecule has 1 aromatic carbocycles. The zero-order valence-corrected chi connectivity index (χ0v) is 10.9. The number of carbonyl (C=O) groups excluding carboxylic acids is 1.